The number of piperidine rings is 2. The highest BCUT2D eigenvalue weighted by Crippen LogP contribution is 2.27. The second-order valence-corrected chi connectivity index (χ2v) is 6.45. The minimum absolute atomic E-state index is 0.762. The van der Waals surface area contributed by atoms with Gasteiger partial charge in [0, 0.05) is 19.1 Å². The first-order chi connectivity index (χ1) is 10.3. The highest BCUT2D eigenvalue weighted by atomic mass is 15.2. The molecule has 1 aromatic rings. The maximum absolute atomic E-state index is 9.34. The van der Waals surface area contributed by atoms with Crippen LogP contribution >= 0.6 is 0 Å². The molecule has 0 spiro atoms. The molecule has 3 heteroatoms. The summed E-state index contributed by atoms with van der Waals surface area (Å²) in [5.41, 5.74) is 3.12. The van der Waals surface area contributed by atoms with Crippen molar-refractivity contribution in [1.29, 1.82) is 5.26 Å². The van der Waals surface area contributed by atoms with E-state index in [0.717, 1.165) is 30.4 Å². The van der Waals surface area contributed by atoms with Crippen LogP contribution in [0.4, 0.5) is 5.69 Å². The minimum Gasteiger partial charge on any atom is -0.370 e. The summed E-state index contributed by atoms with van der Waals surface area (Å²) < 4.78 is 0. The molecule has 0 atom stereocenters. The van der Waals surface area contributed by atoms with Crippen molar-refractivity contribution in [2.24, 2.45) is 0 Å². The largest absolute Gasteiger partial charge is 0.370 e. The molecular formula is C18H25N3. The fraction of sp³-hybridized carbons (Fsp3) is 0.611. The molecule has 0 aliphatic carbocycles. The fourth-order valence-electron chi connectivity index (χ4n) is 3.77. The van der Waals surface area contributed by atoms with E-state index in [1.54, 1.807) is 0 Å². The number of likely N-dealkylation sites (tertiary alicyclic amines) is 1. The summed E-state index contributed by atoms with van der Waals surface area (Å²) >= 11 is 0. The van der Waals surface area contributed by atoms with E-state index in [1.807, 2.05) is 13.0 Å². The summed E-state index contributed by atoms with van der Waals surface area (Å²) in [6.45, 7) is 6.79. The van der Waals surface area contributed by atoms with Gasteiger partial charge in [0.05, 0.1) is 11.3 Å². The lowest BCUT2D eigenvalue weighted by Gasteiger charge is -2.41. The second-order valence-electron chi connectivity index (χ2n) is 6.45. The van der Waals surface area contributed by atoms with Crippen molar-refractivity contribution in [1.82, 2.24) is 4.90 Å². The lowest BCUT2D eigenvalue weighted by atomic mass is 9.98. The van der Waals surface area contributed by atoms with Gasteiger partial charge in [-0.05, 0) is 63.4 Å². The Bertz CT molecular complexity index is 518. The third-order valence-electron chi connectivity index (χ3n) is 4.98. The molecule has 2 aliphatic heterocycles. The summed E-state index contributed by atoms with van der Waals surface area (Å²) in [4.78, 5) is 5.10. The van der Waals surface area contributed by atoms with Crippen LogP contribution in [-0.2, 0) is 0 Å². The van der Waals surface area contributed by atoms with Crippen molar-refractivity contribution < 1.29 is 0 Å². The number of anilines is 1. The third-order valence-corrected chi connectivity index (χ3v) is 4.98. The van der Waals surface area contributed by atoms with Gasteiger partial charge in [0.25, 0.3) is 0 Å². The zero-order valence-electron chi connectivity index (χ0n) is 13.0. The van der Waals surface area contributed by atoms with Crippen molar-refractivity contribution in [3.05, 3.63) is 29.3 Å². The van der Waals surface area contributed by atoms with Crippen molar-refractivity contribution in [2.75, 3.05) is 31.1 Å². The average molecular weight is 283 g/mol. The second kappa shape index (κ2) is 6.49. The molecule has 0 bridgehead atoms. The van der Waals surface area contributed by atoms with Gasteiger partial charge >= 0.3 is 0 Å². The van der Waals surface area contributed by atoms with Crippen LogP contribution in [0.1, 0.15) is 43.2 Å². The van der Waals surface area contributed by atoms with Crippen molar-refractivity contribution in [2.45, 2.75) is 45.1 Å². The van der Waals surface area contributed by atoms with Gasteiger partial charge in [0.15, 0.2) is 0 Å². The summed E-state index contributed by atoms with van der Waals surface area (Å²) in [7, 11) is 0. The van der Waals surface area contributed by atoms with Crippen molar-refractivity contribution >= 4 is 5.69 Å². The molecule has 2 heterocycles. The Morgan fingerprint density at radius 1 is 1.05 bits per heavy atom. The van der Waals surface area contributed by atoms with E-state index in [0.29, 0.717) is 0 Å². The molecule has 21 heavy (non-hydrogen) atoms. The SMILES string of the molecule is Cc1ccc(N2CCC(N3CCCCC3)CC2)c(C#N)c1. The molecule has 1 aromatic carbocycles. The molecule has 0 saturated carbocycles. The molecule has 3 rings (SSSR count). The van der Waals surface area contributed by atoms with E-state index in [1.165, 1.54) is 50.8 Å². The predicted molar refractivity (Wildman–Crippen MR) is 86.6 cm³/mol. The maximum atomic E-state index is 9.34. The van der Waals surface area contributed by atoms with E-state index in [9.17, 15) is 5.26 Å². The van der Waals surface area contributed by atoms with Crippen LogP contribution in [0.25, 0.3) is 0 Å². The van der Waals surface area contributed by atoms with E-state index in [4.69, 9.17) is 0 Å². The summed E-state index contributed by atoms with van der Waals surface area (Å²) in [5.74, 6) is 0. The molecule has 3 nitrogen and oxygen atoms in total. The molecule has 0 N–H and O–H groups in total. The Hall–Kier alpha value is -1.53. The van der Waals surface area contributed by atoms with E-state index in [2.05, 4.69) is 28.0 Å². The Labute approximate surface area is 128 Å². The monoisotopic (exact) mass is 283 g/mol. The van der Waals surface area contributed by atoms with Gasteiger partial charge in [-0.25, -0.2) is 0 Å². The molecule has 0 amide bonds. The van der Waals surface area contributed by atoms with Gasteiger partial charge < -0.3 is 9.80 Å². The number of hydrogen-bond donors (Lipinski definition) is 0. The van der Waals surface area contributed by atoms with E-state index < -0.39 is 0 Å². The fourth-order valence-corrected chi connectivity index (χ4v) is 3.77. The van der Waals surface area contributed by atoms with Gasteiger partial charge in [0.2, 0.25) is 0 Å². The number of benzene rings is 1. The van der Waals surface area contributed by atoms with Crippen LogP contribution in [0.2, 0.25) is 0 Å². The molecule has 2 aliphatic rings. The third kappa shape index (κ3) is 3.22. The summed E-state index contributed by atoms with van der Waals surface area (Å²) in [5, 5.41) is 9.34. The van der Waals surface area contributed by atoms with E-state index >= 15 is 0 Å². The lowest BCUT2D eigenvalue weighted by molar-refractivity contribution is 0.141. The summed E-state index contributed by atoms with van der Waals surface area (Å²) in [6, 6.07) is 9.36. The molecule has 112 valence electrons. The smallest absolute Gasteiger partial charge is 0.101 e. The number of hydrogen-bond acceptors (Lipinski definition) is 3. The molecular weight excluding hydrogens is 258 g/mol. The first-order valence-corrected chi connectivity index (χ1v) is 8.27. The van der Waals surface area contributed by atoms with Crippen LogP contribution in [0.5, 0.6) is 0 Å². The summed E-state index contributed by atoms with van der Waals surface area (Å²) in [6.07, 6.45) is 6.62. The topological polar surface area (TPSA) is 30.3 Å². The van der Waals surface area contributed by atoms with E-state index in [-0.39, 0.29) is 0 Å². The number of nitrogens with zero attached hydrogens (tertiary/aromatic N) is 3. The zero-order chi connectivity index (χ0) is 14.7. The van der Waals surface area contributed by atoms with Crippen molar-refractivity contribution in [3.8, 4) is 6.07 Å². The molecule has 2 saturated heterocycles. The van der Waals surface area contributed by atoms with Crippen LogP contribution in [0.3, 0.4) is 0 Å². The number of aryl methyl sites for hydroxylation is 1. The first-order valence-electron chi connectivity index (χ1n) is 8.27. The standard InChI is InChI=1S/C18H25N3/c1-15-5-6-18(16(13-15)14-19)21-11-7-17(8-12-21)20-9-3-2-4-10-20/h5-6,13,17H,2-4,7-12H2,1H3. The Balaban J connectivity index is 1.64. The van der Waals surface area contributed by atoms with Gasteiger partial charge in [0.1, 0.15) is 6.07 Å². The minimum atomic E-state index is 0.762. The number of nitriles is 1. The van der Waals surface area contributed by atoms with Gasteiger partial charge in [-0.1, -0.05) is 12.5 Å². The molecule has 2 fully saturated rings. The van der Waals surface area contributed by atoms with Crippen LogP contribution in [0, 0.1) is 18.3 Å². The Kier molecular flexibility index (Phi) is 4.45. The highest BCUT2D eigenvalue weighted by Gasteiger charge is 2.26. The first kappa shape index (κ1) is 14.4. The number of rotatable bonds is 2. The van der Waals surface area contributed by atoms with Gasteiger partial charge in [-0.15, -0.1) is 0 Å². The zero-order valence-corrected chi connectivity index (χ0v) is 13.0. The normalized spacial score (nSPS) is 21.2. The highest BCUT2D eigenvalue weighted by molar-refractivity contribution is 5.60. The predicted octanol–water partition coefficient (Wildman–Crippen LogP) is 3.32. The molecule has 0 aromatic heterocycles. The maximum Gasteiger partial charge on any atom is 0.101 e. The van der Waals surface area contributed by atoms with Crippen LogP contribution in [-0.4, -0.2) is 37.1 Å². The van der Waals surface area contributed by atoms with Crippen LogP contribution in [0.15, 0.2) is 18.2 Å². The Morgan fingerprint density at radius 3 is 2.43 bits per heavy atom. The van der Waals surface area contributed by atoms with Gasteiger partial charge in [-0.2, -0.15) is 5.26 Å². The molecule has 0 radical (unpaired) electrons. The van der Waals surface area contributed by atoms with Gasteiger partial charge in [-0.3, -0.25) is 0 Å². The average Bonchev–Trinajstić information content (AvgIpc) is 2.56. The molecule has 0 unspecified atom stereocenters. The van der Waals surface area contributed by atoms with Crippen LogP contribution < -0.4 is 4.90 Å². The quantitative estimate of drug-likeness (QED) is 0.834. The lowest BCUT2D eigenvalue weighted by Crippen LogP contribution is -2.46. The Morgan fingerprint density at radius 2 is 1.76 bits per heavy atom. The van der Waals surface area contributed by atoms with Crippen molar-refractivity contribution in [3.63, 3.8) is 0 Å².